The van der Waals surface area contributed by atoms with Crippen LogP contribution in [0.4, 0.5) is 0 Å². The van der Waals surface area contributed by atoms with Crippen LogP contribution >= 0.6 is 0 Å². The Bertz CT molecular complexity index is 745. The van der Waals surface area contributed by atoms with Gasteiger partial charge < -0.3 is 14.6 Å². The monoisotopic (exact) mass is 340 g/mol. The number of hydrogen-bond acceptors (Lipinski definition) is 4. The van der Waals surface area contributed by atoms with Gasteiger partial charge in [0.1, 0.15) is 5.69 Å². The second kappa shape index (κ2) is 6.61. The lowest BCUT2D eigenvalue weighted by Gasteiger charge is -2.27. The molecule has 2 saturated heterocycles. The van der Waals surface area contributed by atoms with E-state index in [1.54, 1.807) is 0 Å². The van der Waals surface area contributed by atoms with E-state index in [4.69, 9.17) is 4.74 Å². The number of hydrogen-bond donors (Lipinski definition) is 1. The number of amides is 1. The molecule has 2 atom stereocenters. The summed E-state index contributed by atoms with van der Waals surface area (Å²) in [4.78, 5) is 19.0. The minimum atomic E-state index is -0.0138. The maximum absolute atomic E-state index is 12.4. The van der Waals surface area contributed by atoms with Crippen LogP contribution in [0.1, 0.15) is 16.1 Å². The van der Waals surface area contributed by atoms with Crippen molar-refractivity contribution in [3.05, 3.63) is 54.1 Å². The number of rotatable bonds is 5. The average Bonchev–Trinajstić information content (AvgIpc) is 3.28. The molecule has 0 saturated carbocycles. The van der Waals surface area contributed by atoms with Crippen molar-refractivity contribution >= 4 is 5.91 Å². The number of pyridine rings is 1. The summed E-state index contributed by atoms with van der Waals surface area (Å²) in [6.45, 7) is 5.06. The molecule has 0 aromatic carbocycles. The summed E-state index contributed by atoms with van der Waals surface area (Å²) in [6.07, 6.45) is 5.57. The van der Waals surface area contributed by atoms with E-state index in [9.17, 15) is 4.79 Å². The number of likely N-dealkylation sites (tertiary alicyclic amines) is 1. The van der Waals surface area contributed by atoms with Crippen LogP contribution in [0.15, 0.2) is 42.9 Å². The highest BCUT2D eigenvalue weighted by Gasteiger charge is 2.50. The molecule has 0 bridgehead atoms. The smallest absolute Gasteiger partial charge is 0.267 e. The molecular weight excluding hydrogens is 316 g/mol. The third-order valence-electron chi connectivity index (χ3n) is 5.52. The van der Waals surface area contributed by atoms with Gasteiger partial charge in [-0.25, -0.2) is 0 Å². The minimum Gasteiger partial charge on any atom is -0.380 e. The fourth-order valence-electron chi connectivity index (χ4n) is 4.10. The Morgan fingerprint density at radius 3 is 3.00 bits per heavy atom. The van der Waals surface area contributed by atoms with E-state index in [-0.39, 0.29) is 11.3 Å². The van der Waals surface area contributed by atoms with Crippen molar-refractivity contribution in [2.45, 2.75) is 6.54 Å². The van der Waals surface area contributed by atoms with Crippen molar-refractivity contribution in [3.63, 3.8) is 0 Å². The zero-order valence-electron chi connectivity index (χ0n) is 14.5. The number of ether oxygens (including phenoxy) is 1. The van der Waals surface area contributed by atoms with Crippen molar-refractivity contribution in [1.82, 2.24) is 19.8 Å². The molecule has 0 unspecified atom stereocenters. The highest BCUT2D eigenvalue weighted by Crippen LogP contribution is 2.41. The zero-order chi connectivity index (χ0) is 17.3. The average molecular weight is 340 g/mol. The summed E-state index contributed by atoms with van der Waals surface area (Å²) in [7, 11) is 1.89. The van der Waals surface area contributed by atoms with E-state index >= 15 is 0 Å². The number of aromatic nitrogens is 2. The van der Waals surface area contributed by atoms with Crippen LogP contribution in [0.5, 0.6) is 0 Å². The molecule has 2 aromatic heterocycles. The third kappa shape index (κ3) is 3.19. The molecule has 25 heavy (non-hydrogen) atoms. The van der Waals surface area contributed by atoms with Crippen molar-refractivity contribution in [2.75, 3.05) is 32.8 Å². The fraction of sp³-hybridized carbons (Fsp3) is 0.474. The summed E-state index contributed by atoms with van der Waals surface area (Å²) >= 11 is 0. The van der Waals surface area contributed by atoms with Gasteiger partial charge in [-0.2, -0.15) is 0 Å². The van der Waals surface area contributed by atoms with Crippen molar-refractivity contribution in [1.29, 1.82) is 0 Å². The third-order valence-corrected chi connectivity index (χ3v) is 5.52. The molecule has 2 aliphatic rings. The molecule has 4 heterocycles. The molecule has 132 valence electrons. The lowest BCUT2D eigenvalue weighted by Crippen LogP contribution is -2.43. The van der Waals surface area contributed by atoms with Gasteiger partial charge in [0.15, 0.2) is 0 Å². The van der Waals surface area contributed by atoms with Gasteiger partial charge in [0, 0.05) is 63.2 Å². The topological polar surface area (TPSA) is 59.4 Å². The molecule has 6 nitrogen and oxygen atoms in total. The molecule has 0 radical (unpaired) electrons. The number of carbonyl (C=O) groups excluding carboxylic acids is 1. The first kappa shape index (κ1) is 16.3. The van der Waals surface area contributed by atoms with Gasteiger partial charge in [0.2, 0.25) is 0 Å². The summed E-state index contributed by atoms with van der Waals surface area (Å²) in [6, 6.07) is 7.86. The molecule has 0 spiro atoms. The van der Waals surface area contributed by atoms with Crippen LogP contribution in [0.3, 0.4) is 0 Å². The normalized spacial score (nSPS) is 25.9. The summed E-state index contributed by atoms with van der Waals surface area (Å²) in [5.74, 6) is 0.461. The molecule has 2 aliphatic heterocycles. The van der Waals surface area contributed by atoms with E-state index in [2.05, 4.69) is 27.3 Å². The fourth-order valence-corrected chi connectivity index (χ4v) is 4.10. The molecule has 4 rings (SSSR count). The lowest BCUT2D eigenvalue weighted by atomic mass is 9.81. The largest absolute Gasteiger partial charge is 0.380 e. The number of nitrogens with one attached hydrogen (secondary N) is 1. The van der Waals surface area contributed by atoms with Crippen LogP contribution in [-0.4, -0.2) is 53.2 Å². The van der Waals surface area contributed by atoms with E-state index < -0.39 is 0 Å². The molecule has 1 N–H and O–H groups in total. The highest BCUT2D eigenvalue weighted by atomic mass is 16.5. The quantitative estimate of drug-likeness (QED) is 0.891. The van der Waals surface area contributed by atoms with Crippen LogP contribution in [-0.2, 0) is 18.3 Å². The van der Waals surface area contributed by atoms with Gasteiger partial charge in [-0.3, -0.25) is 14.7 Å². The summed E-state index contributed by atoms with van der Waals surface area (Å²) in [5, 5.41) is 3.14. The van der Waals surface area contributed by atoms with Gasteiger partial charge in [0.25, 0.3) is 5.91 Å². The van der Waals surface area contributed by atoms with Crippen LogP contribution < -0.4 is 5.32 Å². The molecule has 2 fully saturated rings. The lowest BCUT2D eigenvalue weighted by molar-refractivity contribution is 0.0896. The van der Waals surface area contributed by atoms with E-state index in [1.807, 2.05) is 42.3 Å². The predicted molar refractivity (Wildman–Crippen MR) is 94.0 cm³/mol. The Morgan fingerprint density at radius 2 is 2.24 bits per heavy atom. The Kier molecular flexibility index (Phi) is 4.31. The van der Waals surface area contributed by atoms with E-state index in [0.717, 1.165) is 32.8 Å². The first-order valence-corrected chi connectivity index (χ1v) is 8.75. The van der Waals surface area contributed by atoms with Gasteiger partial charge in [-0.05, 0) is 29.8 Å². The van der Waals surface area contributed by atoms with Crippen molar-refractivity contribution in [3.8, 4) is 0 Å². The molecule has 6 heteroatoms. The van der Waals surface area contributed by atoms with Gasteiger partial charge in [-0.1, -0.05) is 0 Å². The zero-order valence-corrected chi connectivity index (χ0v) is 14.5. The minimum absolute atomic E-state index is 0.0138. The number of fused-ring (bicyclic) bond motifs is 1. The maximum atomic E-state index is 12.4. The number of carbonyl (C=O) groups is 1. The maximum Gasteiger partial charge on any atom is 0.267 e. The van der Waals surface area contributed by atoms with E-state index in [1.165, 1.54) is 5.56 Å². The second-order valence-electron chi connectivity index (χ2n) is 7.29. The van der Waals surface area contributed by atoms with Crippen molar-refractivity contribution in [2.24, 2.45) is 18.4 Å². The summed E-state index contributed by atoms with van der Waals surface area (Å²) < 4.78 is 7.61. The predicted octanol–water partition coefficient (Wildman–Crippen LogP) is 1.30. The van der Waals surface area contributed by atoms with Crippen LogP contribution in [0, 0.1) is 11.3 Å². The van der Waals surface area contributed by atoms with Crippen LogP contribution in [0.2, 0.25) is 0 Å². The van der Waals surface area contributed by atoms with E-state index in [0.29, 0.717) is 18.2 Å². The van der Waals surface area contributed by atoms with Gasteiger partial charge in [-0.15, -0.1) is 0 Å². The molecule has 0 aliphatic carbocycles. The molecular formula is C19H24N4O2. The number of nitrogens with zero attached hydrogens (tertiary/aromatic N) is 3. The first-order valence-electron chi connectivity index (χ1n) is 8.75. The Labute approximate surface area is 147 Å². The molecule has 1 amide bonds. The second-order valence-corrected chi connectivity index (χ2v) is 7.29. The van der Waals surface area contributed by atoms with Gasteiger partial charge >= 0.3 is 0 Å². The first-order chi connectivity index (χ1) is 12.2. The van der Waals surface area contributed by atoms with Crippen molar-refractivity contribution < 1.29 is 9.53 Å². The Morgan fingerprint density at radius 1 is 1.40 bits per heavy atom. The Hall–Kier alpha value is -2.18. The Balaban J connectivity index is 1.41. The standard InChI is InChI=1S/C19H24N4O2/c1-22-8-2-3-17(22)18(24)21-12-19-13-23(10-16(19)11-25-14-19)9-15-4-6-20-7-5-15/h2-8,16H,9-14H2,1H3,(H,21,24)/t16-,19+/m1/s1. The summed E-state index contributed by atoms with van der Waals surface area (Å²) in [5.41, 5.74) is 1.99. The molecule has 2 aromatic rings. The highest BCUT2D eigenvalue weighted by molar-refractivity contribution is 5.92. The number of aryl methyl sites for hydroxylation is 1. The SMILES string of the molecule is Cn1cccc1C(=O)NC[C@]12COC[C@H]1CN(Cc1ccncc1)C2. The van der Waals surface area contributed by atoms with Gasteiger partial charge in [0.05, 0.1) is 13.2 Å². The van der Waals surface area contributed by atoms with Crippen LogP contribution in [0.25, 0.3) is 0 Å².